The molecular formula is C14H32O3Si2. The van der Waals surface area contributed by atoms with Gasteiger partial charge < -0.3 is 14.0 Å². The van der Waals surface area contributed by atoms with Crippen molar-refractivity contribution in [1.82, 2.24) is 0 Å². The second-order valence-corrected chi connectivity index (χ2v) is 7.37. The third-order valence-corrected chi connectivity index (χ3v) is 4.69. The summed E-state index contributed by atoms with van der Waals surface area (Å²) in [5, 5.41) is 10.1. The SMILES string of the molecule is CCC/C=C/[C@H]([C@H](C)O)C(C)(C)C(O[SiH2]C)O[SiH2]C. The third-order valence-electron chi connectivity index (χ3n) is 3.42. The molecule has 5 heteroatoms. The first-order valence-electron chi connectivity index (χ1n) is 7.49. The van der Waals surface area contributed by atoms with E-state index in [0.29, 0.717) is 0 Å². The Morgan fingerprint density at radius 2 is 1.74 bits per heavy atom. The Hall–Kier alpha value is 0.0538. The van der Waals surface area contributed by atoms with E-state index in [1.54, 1.807) is 0 Å². The fourth-order valence-electron chi connectivity index (χ4n) is 2.38. The molecule has 0 heterocycles. The van der Waals surface area contributed by atoms with Crippen LogP contribution in [-0.2, 0) is 8.85 Å². The summed E-state index contributed by atoms with van der Waals surface area (Å²) in [6, 6.07) is 0. The van der Waals surface area contributed by atoms with Gasteiger partial charge in [-0.05, 0) is 13.3 Å². The first kappa shape index (κ1) is 19.1. The lowest BCUT2D eigenvalue weighted by molar-refractivity contribution is -0.113. The predicted octanol–water partition coefficient (Wildman–Crippen LogP) is 1.99. The molecule has 0 fully saturated rings. The molecule has 0 unspecified atom stereocenters. The summed E-state index contributed by atoms with van der Waals surface area (Å²) in [4.78, 5) is 0. The quantitative estimate of drug-likeness (QED) is 0.381. The maximum absolute atomic E-state index is 10.1. The second-order valence-electron chi connectivity index (χ2n) is 5.55. The van der Waals surface area contributed by atoms with Gasteiger partial charge in [0.15, 0.2) is 19.5 Å². The van der Waals surface area contributed by atoms with Gasteiger partial charge in [-0.1, -0.05) is 52.4 Å². The highest BCUT2D eigenvalue weighted by molar-refractivity contribution is 6.26. The van der Waals surface area contributed by atoms with E-state index in [1.165, 1.54) is 0 Å². The van der Waals surface area contributed by atoms with Crippen LogP contribution in [0.1, 0.15) is 40.5 Å². The summed E-state index contributed by atoms with van der Waals surface area (Å²) < 4.78 is 11.8. The summed E-state index contributed by atoms with van der Waals surface area (Å²) in [6.07, 6.45) is 5.92. The van der Waals surface area contributed by atoms with Gasteiger partial charge in [0.1, 0.15) is 6.29 Å². The highest BCUT2D eigenvalue weighted by atomic mass is 28.2. The van der Waals surface area contributed by atoms with Crippen molar-refractivity contribution in [2.75, 3.05) is 0 Å². The van der Waals surface area contributed by atoms with E-state index < -0.39 is 25.6 Å². The molecule has 2 atom stereocenters. The van der Waals surface area contributed by atoms with Crippen molar-refractivity contribution in [3.05, 3.63) is 12.2 Å². The molecule has 0 bridgehead atoms. The van der Waals surface area contributed by atoms with Crippen LogP contribution in [0, 0.1) is 11.3 Å². The van der Waals surface area contributed by atoms with Crippen LogP contribution in [0.25, 0.3) is 0 Å². The summed E-state index contributed by atoms with van der Waals surface area (Å²) >= 11 is 0. The zero-order chi connectivity index (χ0) is 14.9. The van der Waals surface area contributed by atoms with Crippen LogP contribution in [0.3, 0.4) is 0 Å². The highest BCUT2D eigenvalue weighted by Gasteiger charge is 2.39. The standard InChI is InChI=1S/C14H32O3Si2/c1-7-8-9-10-12(11(2)15)14(3,4)13(16-18-5)17-19-6/h9-13,15H,7-8,18-19H2,1-6H3/b10-9+/t11-,12+/m0/s1. The summed E-state index contributed by atoms with van der Waals surface area (Å²) in [5.41, 5.74) is -0.204. The van der Waals surface area contributed by atoms with Gasteiger partial charge in [0.2, 0.25) is 0 Å². The van der Waals surface area contributed by atoms with Gasteiger partial charge in [-0.25, -0.2) is 0 Å². The largest absolute Gasteiger partial charge is 0.400 e. The van der Waals surface area contributed by atoms with Crippen LogP contribution >= 0.6 is 0 Å². The van der Waals surface area contributed by atoms with Gasteiger partial charge in [-0.3, -0.25) is 0 Å². The van der Waals surface area contributed by atoms with E-state index in [0.717, 1.165) is 12.8 Å². The van der Waals surface area contributed by atoms with E-state index in [1.807, 2.05) is 6.92 Å². The minimum absolute atomic E-state index is 0.0603. The number of aliphatic hydroxyl groups excluding tert-OH is 1. The molecular weight excluding hydrogens is 272 g/mol. The molecule has 0 saturated heterocycles. The molecule has 0 radical (unpaired) electrons. The first-order valence-corrected chi connectivity index (χ1v) is 11.5. The van der Waals surface area contributed by atoms with Gasteiger partial charge in [-0.2, -0.15) is 0 Å². The Balaban J connectivity index is 5.01. The molecule has 0 rings (SSSR count). The average molecular weight is 305 g/mol. The van der Waals surface area contributed by atoms with Crippen LogP contribution in [0.5, 0.6) is 0 Å². The first-order chi connectivity index (χ1) is 8.91. The summed E-state index contributed by atoms with van der Waals surface area (Å²) in [5.74, 6) is 0.0603. The summed E-state index contributed by atoms with van der Waals surface area (Å²) in [7, 11) is -1.04. The number of aliphatic hydroxyl groups is 1. The van der Waals surface area contributed by atoms with Crippen LogP contribution in [0.15, 0.2) is 12.2 Å². The van der Waals surface area contributed by atoms with Gasteiger partial charge >= 0.3 is 0 Å². The van der Waals surface area contributed by atoms with E-state index in [9.17, 15) is 5.11 Å². The molecule has 19 heavy (non-hydrogen) atoms. The minimum Gasteiger partial charge on any atom is -0.400 e. The van der Waals surface area contributed by atoms with Gasteiger partial charge in [0, 0.05) is 11.3 Å². The molecule has 0 aliphatic carbocycles. The second kappa shape index (κ2) is 9.88. The number of allylic oxidation sites excluding steroid dienone is 1. The lowest BCUT2D eigenvalue weighted by Gasteiger charge is -2.41. The van der Waals surface area contributed by atoms with Crippen molar-refractivity contribution in [2.45, 2.75) is 66.0 Å². The Morgan fingerprint density at radius 1 is 1.21 bits per heavy atom. The van der Waals surface area contributed by atoms with E-state index in [2.05, 4.69) is 46.0 Å². The maximum Gasteiger partial charge on any atom is 0.161 e. The Bertz CT molecular complexity index is 249. The normalized spacial score (nSPS) is 18.9. The van der Waals surface area contributed by atoms with Crippen LogP contribution < -0.4 is 0 Å². The smallest absolute Gasteiger partial charge is 0.161 e. The number of rotatable bonds is 10. The Morgan fingerprint density at radius 3 is 2.11 bits per heavy atom. The van der Waals surface area contributed by atoms with Crippen molar-refractivity contribution in [1.29, 1.82) is 0 Å². The van der Waals surface area contributed by atoms with Crippen molar-refractivity contribution in [2.24, 2.45) is 11.3 Å². The molecule has 0 aromatic heterocycles. The van der Waals surface area contributed by atoms with E-state index in [4.69, 9.17) is 8.85 Å². The number of hydrogen-bond acceptors (Lipinski definition) is 3. The molecule has 0 aromatic carbocycles. The van der Waals surface area contributed by atoms with Crippen LogP contribution in [0.2, 0.25) is 13.1 Å². The zero-order valence-electron chi connectivity index (χ0n) is 13.5. The molecule has 0 aliphatic rings. The molecule has 0 aromatic rings. The average Bonchev–Trinajstić information content (AvgIpc) is 2.33. The molecule has 114 valence electrons. The minimum atomic E-state index is -0.522. The summed E-state index contributed by atoms with van der Waals surface area (Å²) in [6.45, 7) is 12.5. The van der Waals surface area contributed by atoms with Gasteiger partial charge in [0.05, 0.1) is 6.10 Å². The lowest BCUT2D eigenvalue weighted by Crippen LogP contribution is -2.44. The number of hydrogen-bond donors (Lipinski definition) is 1. The van der Waals surface area contributed by atoms with E-state index >= 15 is 0 Å². The molecule has 1 N–H and O–H groups in total. The topological polar surface area (TPSA) is 38.7 Å². The lowest BCUT2D eigenvalue weighted by atomic mass is 9.75. The highest BCUT2D eigenvalue weighted by Crippen LogP contribution is 2.36. The van der Waals surface area contributed by atoms with Crippen LogP contribution in [-0.4, -0.2) is 37.0 Å². The van der Waals surface area contributed by atoms with E-state index in [-0.39, 0.29) is 17.6 Å². The zero-order valence-corrected chi connectivity index (χ0v) is 16.3. The number of unbranched alkanes of at least 4 members (excludes halogenated alkanes) is 1. The van der Waals surface area contributed by atoms with Crippen LogP contribution in [0.4, 0.5) is 0 Å². The Kier molecular flexibility index (Phi) is 9.91. The molecule has 0 amide bonds. The van der Waals surface area contributed by atoms with Gasteiger partial charge in [0.25, 0.3) is 0 Å². The van der Waals surface area contributed by atoms with Crippen molar-refractivity contribution in [3.8, 4) is 0 Å². The fourth-order valence-corrected chi connectivity index (χ4v) is 4.23. The molecule has 0 saturated carbocycles. The maximum atomic E-state index is 10.1. The molecule has 3 nitrogen and oxygen atoms in total. The molecule has 0 spiro atoms. The predicted molar refractivity (Wildman–Crippen MR) is 87.8 cm³/mol. The van der Waals surface area contributed by atoms with Crippen molar-refractivity contribution in [3.63, 3.8) is 0 Å². The Labute approximate surface area is 123 Å². The monoisotopic (exact) mass is 304 g/mol. The van der Waals surface area contributed by atoms with Gasteiger partial charge in [-0.15, -0.1) is 0 Å². The molecule has 0 aliphatic heterocycles. The fraction of sp³-hybridized carbons (Fsp3) is 0.857. The van der Waals surface area contributed by atoms with Crippen molar-refractivity contribution >= 4 is 19.5 Å². The third kappa shape index (κ3) is 6.36. The van der Waals surface area contributed by atoms with Crippen molar-refractivity contribution < 1.29 is 14.0 Å².